The first-order chi connectivity index (χ1) is 9.47. The van der Waals surface area contributed by atoms with Crippen LogP contribution in [0.3, 0.4) is 0 Å². The maximum atomic E-state index is 12.0. The molecular weight excluding hydrogens is 256 g/mol. The highest BCUT2D eigenvalue weighted by Crippen LogP contribution is 2.17. The van der Waals surface area contributed by atoms with E-state index in [-0.39, 0.29) is 30.3 Å². The molecule has 20 heavy (non-hydrogen) atoms. The van der Waals surface area contributed by atoms with E-state index < -0.39 is 0 Å². The molecular formula is C15H28N2O3. The molecule has 116 valence electrons. The Labute approximate surface area is 122 Å². The van der Waals surface area contributed by atoms with Gasteiger partial charge in [-0.2, -0.15) is 0 Å². The average Bonchev–Trinajstić information content (AvgIpc) is 2.41. The maximum Gasteiger partial charge on any atom is 0.243 e. The van der Waals surface area contributed by atoms with Crippen LogP contribution in [0.5, 0.6) is 0 Å². The molecule has 1 rings (SSSR count). The summed E-state index contributed by atoms with van der Waals surface area (Å²) in [7, 11) is 0. The van der Waals surface area contributed by atoms with E-state index >= 15 is 0 Å². The Morgan fingerprint density at radius 1 is 1.30 bits per heavy atom. The highest BCUT2D eigenvalue weighted by atomic mass is 16.5. The molecule has 1 aliphatic heterocycles. The van der Waals surface area contributed by atoms with Gasteiger partial charge in [-0.25, -0.2) is 0 Å². The van der Waals surface area contributed by atoms with Crippen LogP contribution in [0, 0.1) is 11.8 Å². The molecule has 2 atom stereocenters. The number of piperazine rings is 1. The van der Waals surface area contributed by atoms with Gasteiger partial charge in [0, 0.05) is 13.2 Å². The van der Waals surface area contributed by atoms with Gasteiger partial charge in [-0.1, -0.05) is 34.1 Å². The number of hydrogen-bond donors (Lipinski definition) is 1. The smallest absolute Gasteiger partial charge is 0.243 e. The van der Waals surface area contributed by atoms with E-state index in [2.05, 4.69) is 19.2 Å². The summed E-state index contributed by atoms with van der Waals surface area (Å²) in [6, 6.07) is -0.352. The summed E-state index contributed by atoms with van der Waals surface area (Å²) in [5, 5.41) is 2.67. The minimum atomic E-state index is -0.352. The van der Waals surface area contributed by atoms with Crippen LogP contribution in [0.4, 0.5) is 0 Å². The topological polar surface area (TPSA) is 58.6 Å². The largest absolute Gasteiger partial charge is 0.380 e. The molecule has 0 spiro atoms. The van der Waals surface area contributed by atoms with Crippen LogP contribution >= 0.6 is 0 Å². The minimum absolute atomic E-state index is 0.0117. The molecule has 0 aromatic heterocycles. The predicted octanol–water partition coefficient (Wildman–Crippen LogP) is 1.42. The van der Waals surface area contributed by atoms with Crippen LogP contribution in [0.1, 0.15) is 40.5 Å². The number of nitrogens with one attached hydrogen (secondary N) is 1. The Morgan fingerprint density at radius 2 is 2.00 bits per heavy atom. The number of hydrogen-bond acceptors (Lipinski definition) is 3. The molecule has 5 nitrogen and oxygen atoms in total. The van der Waals surface area contributed by atoms with E-state index in [9.17, 15) is 9.59 Å². The first-order valence-corrected chi connectivity index (χ1v) is 7.62. The second-order valence-electron chi connectivity index (χ2n) is 5.93. The SMILES string of the molecule is CCC(C)C1C(=O)NCC(=O)N1CCOCCC(C)C. The number of carbonyl (C=O) groups is 2. The van der Waals surface area contributed by atoms with Crippen molar-refractivity contribution in [2.75, 3.05) is 26.3 Å². The second-order valence-corrected chi connectivity index (χ2v) is 5.93. The number of carbonyl (C=O) groups excluding carboxylic acids is 2. The van der Waals surface area contributed by atoms with Gasteiger partial charge < -0.3 is 15.0 Å². The molecule has 0 saturated carbocycles. The van der Waals surface area contributed by atoms with Crippen LogP contribution in [0.2, 0.25) is 0 Å². The Kier molecular flexibility index (Phi) is 6.99. The first-order valence-electron chi connectivity index (χ1n) is 7.62. The van der Waals surface area contributed by atoms with Gasteiger partial charge in [-0.3, -0.25) is 9.59 Å². The van der Waals surface area contributed by atoms with Crippen LogP contribution in [0.15, 0.2) is 0 Å². The van der Waals surface area contributed by atoms with Gasteiger partial charge >= 0.3 is 0 Å². The summed E-state index contributed by atoms with van der Waals surface area (Å²) >= 11 is 0. The molecule has 0 bridgehead atoms. The lowest BCUT2D eigenvalue weighted by atomic mass is 9.95. The van der Waals surface area contributed by atoms with E-state index in [1.165, 1.54) is 0 Å². The van der Waals surface area contributed by atoms with E-state index in [4.69, 9.17) is 4.74 Å². The number of rotatable bonds is 8. The lowest BCUT2D eigenvalue weighted by molar-refractivity contribution is -0.148. The van der Waals surface area contributed by atoms with Crippen molar-refractivity contribution in [3.05, 3.63) is 0 Å². The molecule has 2 amide bonds. The fourth-order valence-electron chi connectivity index (χ4n) is 2.30. The Morgan fingerprint density at radius 3 is 2.60 bits per heavy atom. The zero-order chi connectivity index (χ0) is 15.1. The van der Waals surface area contributed by atoms with Crippen molar-refractivity contribution in [2.45, 2.75) is 46.6 Å². The third kappa shape index (κ3) is 4.78. The van der Waals surface area contributed by atoms with E-state index in [1.807, 2.05) is 13.8 Å². The van der Waals surface area contributed by atoms with Gasteiger partial charge in [0.2, 0.25) is 11.8 Å². The molecule has 0 radical (unpaired) electrons. The van der Waals surface area contributed by atoms with Gasteiger partial charge in [0.25, 0.3) is 0 Å². The molecule has 1 saturated heterocycles. The van der Waals surface area contributed by atoms with E-state index in [0.717, 1.165) is 12.8 Å². The molecule has 1 N–H and O–H groups in total. The van der Waals surface area contributed by atoms with Gasteiger partial charge in [-0.05, 0) is 18.3 Å². The Bertz CT molecular complexity index is 331. The fraction of sp³-hybridized carbons (Fsp3) is 0.867. The van der Waals surface area contributed by atoms with Gasteiger partial charge in [0.1, 0.15) is 6.04 Å². The third-order valence-electron chi connectivity index (χ3n) is 3.84. The van der Waals surface area contributed by atoms with Crippen molar-refractivity contribution in [3.63, 3.8) is 0 Å². The van der Waals surface area contributed by atoms with Crippen molar-refractivity contribution < 1.29 is 14.3 Å². The van der Waals surface area contributed by atoms with Crippen LogP contribution < -0.4 is 5.32 Å². The number of nitrogens with zero attached hydrogens (tertiary/aromatic N) is 1. The third-order valence-corrected chi connectivity index (χ3v) is 3.84. The molecule has 1 aliphatic rings. The van der Waals surface area contributed by atoms with Crippen LogP contribution in [-0.2, 0) is 14.3 Å². The summed E-state index contributed by atoms with van der Waals surface area (Å²) in [6.45, 7) is 10.2. The van der Waals surface area contributed by atoms with E-state index in [1.54, 1.807) is 4.90 Å². The Balaban J connectivity index is 2.49. The monoisotopic (exact) mass is 284 g/mol. The van der Waals surface area contributed by atoms with Crippen molar-refractivity contribution in [2.24, 2.45) is 11.8 Å². The summed E-state index contributed by atoms with van der Waals surface area (Å²) in [4.78, 5) is 25.7. The maximum absolute atomic E-state index is 12.0. The van der Waals surface area contributed by atoms with Gasteiger partial charge in [0.15, 0.2) is 0 Å². The van der Waals surface area contributed by atoms with Crippen molar-refractivity contribution >= 4 is 11.8 Å². The summed E-state index contributed by atoms with van der Waals surface area (Å²) < 4.78 is 5.57. The molecule has 0 aromatic rings. The molecule has 0 aliphatic carbocycles. The highest BCUT2D eigenvalue weighted by molar-refractivity contribution is 5.95. The normalized spacial score (nSPS) is 21.2. The summed E-state index contributed by atoms with van der Waals surface area (Å²) in [6.07, 6.45) is 1.89. The molecule has 1 heterocycles. The van der Waals surface area contributed by atoms with Gasteiger partial charge in [-0.15, -0.1) is 0 Å². The molecule has 1 fully saturated rings. The zero-order valence-electron chi connectivity index (χ0n) is 13.1. The summed E-state index contributed by atoms with van der Waals surface area (Å²) in [5.74, 6) is 0.726. The van der Waals surface area contributed by atoms with Crippen molar-refractivity contribution in [1.29, 1.82) is 0 Å². The summed E-state index contributed by atoms with van der Waals surface area (Å²) in [5.41, 5.74) is 0. The second kappa shape index (κ2) is 8.25. The lowest BCUT2D eigenvalue weighted by Gasteiger charge is -2.37. The number of amides is 2. The van der Waals surface area contributed by atoms with Crippen molar-refractivity contribution in [1.82, 2.24) is 10.2 Å². The van der Waals surface area contributed by atoms with Crippen LogP contribution in [0.25, 0.3) is 0 Å². The molecule has 5 heteroatoms. The molecule has 0 aromatic carbocycles. The van der Waals surface area contributed by atoms with Crippen molar-refractivity contribution in [3.8, 4) is 0 Å². The number of ether oxygens (including phenoxy) is 1. The predicted molar refractivity (Wildman–Crippen MR) is 78.2 cm³/mol. The Hall–Kier alpha value is -1.10. The zero-order valence-corrected chi connectivity index (χ0v) is 13.1. The standard InChI is InChI=1S/C15H28N2O3/c1-5-12(4)14-15(19)16-10-13(18)17(14)7-9-20-8-6-11(2)3/h11-12,14H,5-10H2,1-4H3,(H,16,19). The van der Waals surface area contributed by atoms with Crippen LogP contribution in [-0.4, -0.2) is 49.1 Å². The van der Waals surface area contributed by atoms with E-state index in [0.29, 0.717) is 25.7 Å². The van der Waals surface area contributed by atoms with Gasteiger partial charge in [0.05, 0.1) is 13.2 Å². The fourth-order valence-corrected chi connectivity index (χ4v) is 2.30. The molecule has 2 unspecified atom stereocenters. The average molecular weight is 284 g/mol. The minimum Gasteiger partial charge on any atom is -0.380 e. The highest BCUT2D eigenvalue weighted by Gasteiger charge is 2.36. The first kappa shape index (κ1) is 17.0. The quantitative estimate of drug-likeness (QED) is 0.686. The lowest BCUT2D eigenvalue weighted by Crippen LogP contribution is -2.61.